The maximum atomic E-state index is 12.2. The molecule has 1 aliphatic carbocycles. The Kier molecular flexibility index (Phi) is 3.45. The van der Waals surface area contributed by atoms with Crippen LogP contribution in [-0.4, -0.2) is 12.3 Å². The fourth-order valence-electron chi connectivity index (χ4n) is 2.20. The number of rotatable bonds is 4. The summed E-state index contributed by atoms with van der Waals surface area (Å²) in [6, 6.07) is 7.88. The van der Waals surface area contributed by atoms with Crippen LogP contribution in [0.2, 0.25) is 0 Å². The first kappa shape index (κ1) is 11.8. The summed E-state index contributed by atoms with van der Waals surface area (Å²) < 4.78 is 1.01. The number of hydrogen-bond donors (Lipinski definition) is 1. The van der Waals surface area contributed by atoms with E-state index in [2.05, 4.69) is 15.9 Å². The van der Waals surface area contributed by atoms with E-state index in [4.69, 9.17) is 5.73 Å². The van der Waals surface area contributed by atoms with Crippen molar-refractivity contribution in [3.63, 3.8) is 0 Å². The number of halogens is 1. The summed E-state index contributed by atoms with van der Waals surface area (Å²) in [5, 5.41) is 0. The molecule has 0 unspecified atom stereocenters. The zero-order valence-electron chi connectivity index (χ0n) is 9.21. The number of Topliss-reactive ketones (excluding diaryl/α,β-unsaturated/α-hetero) is 1. The normalized spacial score (nSPS) is 17.9. The van der Waals surface area contributed by atoms with Crippen molar-refractivity contribution in [3.05, 3.63) is 34.3 Å². The molecule has 1 saturated carbocycles. The molecule has 1 aromatic rings. The maximum absolute atomic E-state index is 12.2. The molecule has 0 amide bonds. The Bertz CT molecular complexity index is 393. The van der Waals surface area contributed by atoms with Gasteiger partial charge in [0.2, 0.25) is 0 Å². The molecule has 1 aromatic carbocycles. The van der Waals surface area contributed by atoms with Gasteiger partial charge in [0.25, 0.3) is 0 Å². The molecule has 3 heteroatoms. The van der Waals surface area contributed by atoms with Gasteiger partial charge < -0.3 is 5.73 Å². The molecule has 0 aliphatic heterocycles. The van der Waals surface area contributed by atoms with E-state index < -0.39 is 0 Å². The van der Waals surface area contributed by atoms with Crippen molar-refractivity contribution < 1.29 is 4.79 Å². The number of benzene rings is 1. The third kappa shape index (κ3) is 2.06. The van der Waals surface area contributed by atoms with E-state index in [1.54, 1.807) is 0 Å². The molecule has 2 nitrogen and oxygen atoms in total. The second-order valence-electron chi connectivity index (χ2n) is 4.53. The van der Waals surface area contributed by atoms with Crippen LogP contribution in [0, 0.1) is 5.41 Å². The summed E-state index contributed by atoms with van der Waals surface area (Å²) >= 11 is 3.47. The number of hydrogen-bond acceptors (Lipinski definition) is 2. The predicted octanol–water partition coefficient (Wildman–Crippen LogP) is 2.69. The van der Waals surface area contributed by atoms with Crippen LogP contribution in [-0.2, 0) is 11.2 Å². The molecule has 16 heavy (non-hydrogen) atoms. The summed E-state index contributed by atoms with van der Waals surface area (Å²) in [4.78, 5) is 12.2. The Morgan fingerprint density at radius 1 is 1.38 bits per heavy atom. The molecule has 0 bridgehead atoms. The Hall–Kier alpha value is -0.670. The molecule has 0 radical (unpaired) electrons. The molecule has 0 atom stereocenters. The molecule has 0 saturated heterocycles. The average molecular weight is 282 g/mol. The summed E-state index contributed by atoms with van der Waals surface area (Å²) in [5.74, 6) is 0.299. The largest absolute Gasteiger partial charge is 0.329 e. The van der Waals surface area contributed by atoms with Crippen molar-refractivity contribution in [1.82, 2.24) is 0 Å². The van der Waals surface area contributed by atoms with Gasteiger partial charge in [0, 0.05) is 22.9 Å². The maximum Gasteiger partial charge on any atom is 0.144 e. The van der Waals surface area contributed by atoms with E-state index >= 15 is 0 Å². The molecule has 2 rings (SSSR count). The van der Waals surface area contributed by atoms with Crippen molar-refractivity contribution in [2.45, 2.75) is 25.7 Å². The highest BCUT2D eigenvalue weighted by Crippen LogP contribution is 2.41. The molecule has 0 spiro atoms. The van der Waals surface area contributed by atoms with Crippen LogP contribution < -0.4 is 5.73 Å². The van der Waals surface area contributed by atoms with Gasteiger partial charge in [0.15, 0.2) is 0 Å². The Morgan fingerprint density at radius 3 is 2.56 bits per heavy atom. The third-order valence-corrected chi connectivity index (χ3v) is 4.38. The van der Waals surface area contributed by atoms with Gasteiger partial charge in [-0.15, -0.1) is 0 Å². The SMILES string of the molecule is NCC1(C(=O)Cc2ccccc2Br)CCC1. The molecule has 0 aromatic heterocycles. The number of carbonyl (C=O) groups is 1. The molecular formula is C13H16BrNO. The summed E-state index contributed by atoms with van der Waals surface area (Å²) in [6.07, 6.45) is 3.57. The molecule has 86 valence electrons. The van der Waals surface area contributed by atoms with E-state index in [0.29, 0.717) is 18.7 Å². The smallest absolute Gasteiger partial charge is 0.144 e. The highest BCUT2D eigenvalue weighted by molar-refractivity contribution is 9.10. The minimum absolute atomic E-state index is 0.213. The van der Waals surface area contributed by atoms with E-state index in [9.17, 15) is 4.79 Å². The van der Waals surface area contributed by atoms with Crippen LogP contribution in [0.1, 0.15) is 24.8 Å². The van der Waals surface area contributed by atoms with E-state index in [1.165, 1.54) is 0 Å². The Balaban J connectivity index is 2.10. The Labute approximate surface area is 104 Å². The lowest BCUT2D eigenvalue weighted by Crippen LogP contribution is -2.45. The van der Waals surface area contributed by atoms with Gasteiger partial charge >= 0.3 is 0 Å². The van der Waals surface area contributed by atoms with E-state index in [-0.39, 0.29) is 5.41 Å². The van der Waals surface area contributed by atoms with Crippen molar-refractivity contribution in [2.24, 2.45) is 11.1 Å². The van der Waals surface area contributed by atoms with Gasteiger partial charge in [-0.3, -0.25) is 4.79 Å². The zero-order chi connectivity index (χ0) is 11.6. The fourth-order valence-corrected chi connectivity index (χ4v) is 2.63. The van der Waals surface area contributed by atoms with Crippen molar-refractivity contribution >= 4 is 21.7 Å². The highest BCUT2D eigenvalue weighted by atomic mass is 79.9. The quantitative estimate of drug-likeness (QED) is 0.922. The summed E-state index contributed by atoms with van der Waals surface area (Å²) in [5.41, 5.74) is 6.58. The molecule has 2 N–H and O–H groups in total. The van der Waals surface area contributed by atoms with Gasteiger partial charge in [0.1, 0.15) is 5.78 Å². The van der Waals surface area contributed by atoms with Gasteiger partial charge in [-0.05, 0) is 24.5 Å². The van der Waals surface area contributed by atoms with E-state index in [1.807, 2.05) is 24.3 Å². The lowest BCUT2D eigenvalue weighted by molar-refractivity contribution is -0.132. The van der Waals surface area contributed by atoms with E-state index in [0.717, 1.165) is 29.3 Å². The van der Waals surface area contributed by atoms with Crippen molar-refractivity contribution in [1.29, 1.82) is 0 Å². The topological polar surface area (TPSA) is 43.1 Å². The lowest BCUT2D eigenvalue weighted by atomic mass is 9.65. The molecule has 1 fully saturated rings. The summed E-state index contributed by atoms with van der Waals surface area (Å²) in [7, 11) is 0. The van der Waals surface area contributed by atoms with Crippen molar-refractivity contribution in [3.8, 4) is 0 Å². The van der Waals surface area contributed by atoms with Crippen LogP contribution in [0.25, 0.3) is 0 Å². The second-order valence-corrected chi connectivity index (χ2v) is 5.38. The molecular weight excluding hydrogens is 266 g/mol. The first-order valence-electron chi connectivity index (χ1n) is 5.65. The lowest BCUT2D eigenvalue weighted by Gasteiger charge is -2.39. The van der Waals surface area contributed by atoms with Gasteiger partial charge in [0.05, 0.1) is 0 Å². The van der Waals surface area contributed by atoms with Gasteiger partial charge in [-0.1, -0.05) is 40.5 Å². The number of nitrogens with two attached hydrogens (primary N) is 1. The van der Waals surface area contributed by atoms with Crippen LogP contribution >= 0.6 is 15.9 Å². The van der Waals surface area contributed by atoms with Crippen LogP contribution in [0.3, 0.4) is 0 Å². The molecule has 1 aliphatic rings. The first-order valence-corrected chi connectivity index (χ1v) is 6.44. The number of ketones is 1. The highest BCUT2D eigenvalue weighted by Gasteiger charge is 2.42. The van der Waals surface area contributed by atoms with Crippen LogP contribution in [0.5, 0.6) is 0 Å². The Morgan fingerprint density at radius 2 is 2.06 bits per heavy atom. The summed E-state index contributed by atoms with van der Waals surface area (Å²) in [6.45, 7) is 0.496. The second kappa shape index (κ2) is 4.68. The van der Waals surface area contributed by atoms with Crippen LogP contribution in [0.15, 0.2) is 28.7 Å². The monoisotopic (exact) mass is 281 g/mol. The predicted molar refractivity (Wildman–Crippen MR) is 68.2 cm³/mol. The van der Waals surface area contributed by atoms with Gasteiger partial charge in [-0.25, -0.2) is 0 Å². The fraction of sp³-hybridized carbons (Fsp3) is 0.462. The number of carbonyl (C=O) groups excluding carboxylic acids is 1. The minimum atomic E-state index is -0.213. The molecule has 0 heterocycles. The minimum Gasteiger partial charge on any atom is -0.329 e. The van der Waals surface area contributed by atoms with Gasteiger partial charge in [-0.2, -0.15) is 0 Å². The van der Waals surface area contributed by atoms with Crippen LogP contribution in [0.4, 0.5) is 0 Å². The zero-order valence-corrected chi connectivity index (χ0v) is 10.8. The first-order chi connectivity index (χ1) is 7.68. The standard InChI is InChI=1S/C13H16BrNO/c14-11-5-2-1-4-10(11)8-12(16)13(9-15)6-3-7-13/h1-2,4-5H,3,6-9,15H2. The third-order valence-electron chi connectivity index (χ3n) is 3.60. The van der Waals surface area contributed by atoms with Crippen molar-refractivity contribution in [2.75, 3.05) is 6.54 Å². The average Bonchev–Trinajstić information content (AvgIpc) is 2.21.